The summed E-state index contributed by atoms with van der Waals surface area (Å²) in [5, 5.41) is 13.5. The second-order valence-electron chi connectivity index (χ2n) is 7.12. The number of rotatable bonds is 12. The highest BCUT2D eigenvalue weighted by molar-refractivity contribution is 5.81. The Kier molecular flexibility index (Phi) is 9.77. The Morgan fingerprint density at radius 3 is 2.31 bits per heavy atom. The van der Waals surface area contributed by atoms with Crippen LogP contribution in [-0.2, 0) is 22.6 Å². The number of carbonyl (C=O) groups is 2. The van der Waals surface area contributed by atoms with E-state index in [4.69, 9.17) is 19.9 Å². The van der Waals surface area contributed by atoms with E-state index in [0.29, 0.717) is 53.7 Å². The Labute approximate surface area is 188 Å². The number of carbonyl (C=O) groups excluding carboxylic acids is 2. The summed E-state index contributed by atoms with van der Waals surface area (Å²) in [7, 11) is 4.53. The van der Waals surface area contributed by atoms with E-state index in [1.807, 2.05) is 30.3 Å². The van der Waals surface area contributed by atoms with Gasteiger partial charge >= 0.3 is 0 Å². The van der Waals surface area contributed by atoms with Crippen molar-refractivity contribution in [1.29, 1.82) is 0 Å². The first-order chi connectivity index (χ1) is 15.4. The first-order valence-electron chi connectivity index (χ1n) is 10.3. The summed E-state index contributed by atoms with van der Waals surface area (Å²) in [6, 6.07) is 11.7. The summed E-state index contributed by atoms with van der Waals surface area (Å²) in [5.41, 5.74) is 7.37. The molecule has 2 aromatic rings. The number of hydroxylamine groups is 2. The molecule has 0 aromatic heterocycles. The van der Waals surface area contributed by atoms with Crippen LogP contribution in [0.1, 0.15) is 24.0 Å². The number of amides is 2. The third kappa shape index (κ3) is 7.14. The second-order valence-corrected chi connectivity index (χ2v) is 7.12. The fourth-order valence-corrected chi connectivity index (χ4v) is 3.12. The molecule has 0 aliphatic carbocycles. The standard InChI is InChI=1S/C23H31N3O6/c1-25-22(27)10-7-11-32-17-13-20(30-2)18(21(14-17)31-3)15-26(29)23(28)19(24)12-16-8-5-4-6-9-16/h4-6,8-9,13-14,19,29H,7,10-12,15,24H2,1-3H3,(H,25,27). The predicted molar refractivity (Wildman–Crippen MR) is 119 cm³/mol. The molecule has 2 amide bonds. The van der Waals surface area contributed by atoms with Crippen molar-refractivity contribution in [3.8, 4) is 17.2 Å². The lowest BCUT2D eigenvalue weighted by Crippen LogP contribution is -2.43. The van der Waals surface area contributed by atoms with Crippen LogP contribution in [0.3, 0.4) is 0 Å². The van der Waals surface area contributed by atoms with E-state index in [1.165, 1.54) is 14.2 Å². The molecule has 4 N–H and O–H groups in total. The van der Waals surface area contributed by atoms with Crippen molar-refractivity contribution in [3.63, 3.8) is 0 Å². The summed E-state index contributed by atoms with van der Waals surface area (Å²) < 4.78 is 16.5. The molecule has 0 saturated heterocycles. The van der Waals surface area contributed by atoms with Gasteiger partial charge in [0, 0.05) is 25.6 Å². The van der Waals surface area contributed by atoms with Gasteiger partial charge in [-0.3, -0.25) is 14.8 Å². The van der Waals surface area contributed by atoms with Crippen molar-refractivity contribution in [2.24, 2.45) is 5.73 Å². The fourth-order valence-electron chi connectivity index (χ4n) is 3.12. The van der Waals surface area contributed by atoms with Crippen LogP contribution in [0.15, 0.2) is 42.5 Å². The molecule has 0 aliphatic rings. The van der Waals surface area contributed by atoms with Gasteiger partial charge in [0.15, 0.2) is 0 Å². The molecule has 2 aromatic carbocycles. The number of nitrogens with zero attached hydrogens (tertiary/aromatic N) is 1. The van der Waals surface area contributed by atoms with Crippen LogP contribution in [0, 0.1) is 0 Å². The molecular formula is C23H31N3O6. The molecule has 0 radical (unpaired) electrons. The maximum Gasteiger partial charge on any atom is 0.263 e. The quantitative estimate of drug-likeness (QED) is 0.259. The zero-order chi connectivity index (χ0) is 23.5. The van der Waals surface area contributed by atoms with Crippen molar-refractivity contribution in [3.05, 3.63) is 53.6 Å². The topological polar surface area (TPSA) is 123 Å². The molecule has 2 rings (SSSR count). The Morgan fingerprint density at radius 1 is 1.12 bits per heavy atom. The molecule has 0 heterocycles. The van der Waals surface area contributed by atoms with Crippen molar-refractivity contribution < 1.29 is 29.0 Å². The minimum absolute atomic E-state index is 0.0581. The Morgan fingerprint density at radius 2 is 1.75 bits per heavy atom. The van der Waals surface area contributed by atoms with E-state index in [2.05, 4.69) is 5.32 Å². The van der Waals surface area contributed by atoms with Crippen LogP contribution < -0.4 is 25.3 Å². The highest BCUT2D eigenvalue weighted by Gasteiger charge is 2.24. The average Bonchev–Trinajstić information content (AvgIpc) is 2.81. The van der Waals surface area contributed by atoms with E-state index in [0.717, 1.165) is 5.56 Å². The van der Waals surface area contributed by atoms with Gasteiger partial charge < -0.3 is 25.3 Å². The first kappa shape index (κ1) is 25.0. The van der Waals surface area contributed by atoms with Crippen LogP contribution in [0.25, 0.3) is 0 Å². The van der Waals surface area contributed by atoms with Gasteiger partial charge in [-0.25, -0.2) is 5.06 Å². The average molecular weight is 446 g/mol. The molecule has 0 aliphatic heterocycles. The third-order valence-electron chi connectivity index (χ3n) is 4.86. The number of nitrogens with one attached hydrogen (secondary N) is 1. The fraction of sp³-hybridized carbons (Fsp3) is 0.391. The largest absolute Gasteiger partial charge is 0.496 e. The van der Waals surface area contributed by atoms with Crippen LogP contribution in [0.4, 0.5) is 0 Å². The highest BCUT2D eigenvalue weighted by atomic mass is 16.5. The van der Waals surface area contributed by atoms with E-state index in [9.17, 15) is 14.8 Å². The summed E-state index contributed by atoms with van der Waals surface area (Å²) in [6.07, 6.45) is 1.20. The zero-order valence-electron chi connectivity index (χ0n) is 18.7. The minimum atomic E-state index is -0.901. The van der Waals surface area contributed by atoms with Crippen molar-refractivity contribution in [1.82, 2.24) is 10.4 Å². The van der Waals surface area contributed by atoms with Gasteiger partial charge in [0.2, 0.25) is 5.91 Å². The van der Waals surface area contributed by atoms with Gasteiger partial charge in [0.05, 0.1) is 39.0 Å². The number of hydrogen-bond acceptors (Lipinski definition) is 7. The number of benzene rings is 2. The van der Waals surface area contributed by atoms with Gasteiger partial charge in [0.25, 0.3) is 5.91 Å². The lowest BCUT2D eigenvalue weighted by atomic mass is 10.1. The molecule has 0 bridgehead atoms. The highest BCUT2D eigenvalue weighted by Crippen LogP contribution is 2.35. The molecule has 1 unspecified atom stereocenters. The lowest BCUT2D eigenvalue weighted by molar-refractivity contribution is -0.169. The molecule has 1 atom stereocenters. The van der Waals surface area contributed by atoms with Crippen molar-refractivity contribution in [2.75, 3.05) is 27.9 Å². The SMILES string of the molecule is CNC(=O)CCCOc1cc(OC)c(CN(O)C(=O)C(N)Cc2ccccc2)c(OC)c1. The molecular weight excluding hydrogens is 414 g/mol. The molecule has 0 saturated carbocycles. The molecule has 174 valence electrons. The van der Waals surface area contributed by atoms with Crippen LogP contribution in [0.2, 0.25) is 0 Å². The van der Waals surface area contributed by atoms with E-state index in [1.54, 1.807) is 19.2 Å². The zero-order valence-corrected chi connectivity index (χ0v) is 18.7. The minimum Gasteiger partial charge on any atom is -0.496 e. The smallest absolute Gasteiger partial charge is 0.263 e. The van der Waals surface area contributed by atoms with Crippen LogP contribution in [-0.4, -0.2) is 56.0 Å². The summed E-state index contributed by atoms with van der Waals surface area (Å²) in [6.45, 7) is 0.155. The summed E-state index contributed by atoms with van der Waals surface area (Å²) >= 11 is 0. The summed E-state index contributed by atoms with van der Waals surface area (Å²) in [5.74, 6) is 0.573. The van der Waals surface area contributed by atoms with E-state index in [-0.39, 0.29) is 12.5 Å². The molecule has 9 nitrogen and oxygen atoms in total. The molecule has 9 heteroatoms. The normalized spacial score (nSPS) is 11.4. The van der Waals surface area contributed by atoms with Gasteiger partial charge in [0.1, 0.15) is 17.2 Å². The van der Waals surface area contributed by atoms with Crippen molar-refractivity contribution in [2.45, 2.75) is 31.8 Å². The Hall–Kier alpha value is -3.30. The predicted octanol–water partition coefficient (Wildman–Crippen LogP) is 1.90. The maximum absolute atomic E-state index is 12.6. The number of ether oxygens (including phenoxy) is 3. The number of nitrogens with two attached hydrogens (primary N) is 1. The number of methoxy groups -OCH3 is 2. The monoisotopic (exact) mass is 445 g/mol. The summed E-state index contributed by atoms with van der Waals surface area (Å²) in [4.78, 5) is 23.9. The lowest BCUT2D eigenvalue weighted by Gasteiger charge is -2.22. The third-order valence-corrected chi connectivity index (χ3v) is 4.86. The maximum atomic E-state index is 12.6. The molecule has 0 fully saturated rings. The Balaban J connectivity index is 2.07. The second kappa shape index (κ2) is 12.5. The van der Waals surface area contributed by atoms with Gasteiger partial charge in [-0.05, 0) is 18.4 Å². The number of hydrogen-bond donors (Lipinski definition) is 3. The van der Waals surface area contributed by atoms with Gasteiger partial charge in [-0.2, -0.15) is 0 Å². The van der Waals surface area contributed by atoms with E-state index >= 15 is 0 Å². The van der Waals surface area contributed by atoms with Crippen molar-refractivity contribution >= 4 is 11.8 Å². The first-order valence-corrected chi connectivity index (χ1v) is 10.3. The van der Waals surface area contributed by atoms with E-state index < -0.39 is 11.9 Å². The van der Waals surface area contributed by atoms with Crippen LogP contribution in [0.5, 0.6) is 17.2 Å². The Bertz CT molecular complexity index is 866. The van der Waals surface area contributed by atoms with Gasteiger partial charge in [-0.15, -0.1) is 0 Å². The van der Waals surface area contributed by atoms with Gasteiger partial charge in [-0.1, -0.05) is 30.3 Å². The molecule has 32 heavy (non-hydrogen) atoms. The molecule has 0 spiro atoms. The van der Waals surface area contributed by atoms with Crippen LogP contribution >= 0.6 is 0 Å².